The summed E-state index contributed by atoms with van der Waals surface area (Å²) in [6.45, 7) is 0. The second-order valence-electron chi connectivity index (χ2n) is 5.01. The maximum atomic E-state index is 12.1. The van der Waals surface area contributed by atoms with E-state index >= 15 is 0 Å². The first-order valence-electron chi connectivity index (χ1n) is 6.50. The van der Waals surface area contributed by atoms with Crippen LogP contribution < -0.4 is 0 Å². The summed E-state index contributed by atoms with van der Waals surface area (Å²) >= 11 is 5.73. The van der Waals surface area contributed by atoms with Gasteiger partial charge in [-0.25, -0.2) is 8.42 Å². The van der Waals surface area contributed by atoms with Crippen LogP contribution in [-0.2, 0) is 14.6 Å². The van der Waals surface area contributed by atoms with Gasteiger partial charge in [0, 0.05) is 10.9 Å². The lowest BCUT2D eigenvalue weighted by Crippen LogP contribution is -2.25. The number of rotatable bonds is 4. The molecule has 1 aliphatic carbocycles. The topological polar surface area (TPSA) is 51.2 Å². The third kappa shape index (κ3) is 3.80. The predicted molar refractivity (Wildman–Crippen MR) is 75.1 cm³/mol. The molecule has 0 bridgehead atoms. The van der Waals surface area contributed by atoms with E-state index in [1.807, 2.05) is 0 Å². The second-order valence-corrected chi connectivity index (χ2v) is 7.44. The zero-order valence-electron chi connectivity index (χ0n) is 10.6. The highest BCUT2D eigenvalue weighted by Gasteiger charge is 2.26. The summed E-state index contributed by atoms with van der Waals surface area (Å²) in [7, 11) is -3.53. The molecule has 0 N–H and O–H groups in total. The third-order valence-electron chi connectivity index (χ3n) is 3.57. The average molecular weight is 301 g/mol. The molecule has 0 amide bonds. The van der Waals surface area contributed by atoms with Crippen LogP contribution in [-0.4, -0.2) is 20.0 Å². The summed E-state index contributed by atoms with van der Waals surface area (Å²) in [5, 5.41) is 0.484. The maximum Gasteiger partial charge on any atom is 0.185 e. The van der Waals surface area contributed by atoms with Gasteiger partial charge in [0.15, 0.2) is 15.6 Å². The molecule has 0 aromatic heterocycles. The molecular formula is C14H17ClO3S. The Morgan fingerprint density at radius 3 is 2.26 bits per heavy atom. The zero-order valence-corrected chi connectivity index (χ0v) is 12.2. The molecule has 19 heavy (non-hydrogen) atoms. The molecule has 104 valence electrons. The standard InChI is InChI=1S/C14H17ClO3S/c15-12-6-8-13(9-7-12)19(17,18)10-14(16)11-4-2-1-3-5-11/h6-9,11H,1-5,10H2. The fraction of sp³-hybridized carbons (Fsp3) is 0.500. The van der Waals surface area contributed by atoms with Crippen LogP contribution in [0.4, 0.5) is 0 Å². The van der Waals surface area contributed by atoms with Gasteiger partial charge >= 0.3 is 0 Å². The predicted octanol–water partition coefficient (Wildman–Crippen LogP) is 3.26. The summed E-state index contributed by atoms with van der Waals surface area (Å²) in [6, 6.07) is 5.96. The van der Waals surface area contributed by atoms with E-state index < -0.39 is 9.84 Å². The Kier molecular flexibility index (Phi) is 4.63. The smallest absolute Gasteiger partial charge is 0.185 e. The van der Waals surface area contributed by atoms with E-state index in [2.05, 4.69) is 0 Å². The van der Waals surface area contributed by atoms with Crippen molar-refractivity contribution in [2.75, 3.05) is 5.75 Å². The Balaban J connectivity index is 2.08. The Hall–Kier alpha value is -0.870. The number of halogens is 1. The van der Waals surface area contributed by atoms with Crippen LogP contribution in [0.2, 0.25) is 5.02 Å². The van der Waals surface area contributed by atoms with Gasteiger partial charge < -0.3 is 0 Å². The summed E-state index contributed by atoms with van der Waals surface area (Å²) in [5.41, 5.74) is 0. The Morgan fingerprint density at radius 1 is 1.11 bits per heavy atom. The number of hydrogen-bond acceptors (Lipinski definition) is 3. The van der Waals surface area contributed by atoms with Gasteiger partial charge in [0.2, 0.25) is 0 Å². The second kappa shape index (κ2) is 6.06. The summed E-state index contributed by atoms with van der Waals surface area (Å²) in [4.78, 5) is 12.2. The molecule has 1 aliphatic rings. The van der Waals surface area contributed by atoms with Crippen LogP contribution in [0.5, 0.6) is 0 Å². The third-order valence-corrected chi connectivity index (χ3v) is 5.47. The molecule has 1 saturated carbocycles. The van der Waals surface area contributed by atoms with E-state index in [0.29, 0.717) is 5.02 Å². The average Bonchev–Trinajstić information content (AvgIpc) is 2.40. The Morgan fingerprint density at radius 2 is 1.68 bits per heavy atom. The van der Waals surface area contributed by atoms with Crippen LogP contribution in [0.15, 0.2) is 29.2 Å². The Labute approximate surface area is 118 Å². The number of sulfone groups is 1. The highest BCUT2D eigenvalue weighted by atomic mass is 35.5. The van der Waals surface area contributed by atoms with Crippen molar-refractivity contribution in [2.24, 2.45) is 5.92 Å². The molecule has 0 saturated heterocycles. The molecule has 2 rings (SSSR count). The van der Waals surface area contributed by atoms with E-state index in [0.717, 1.165) is 32.1 Å². The first-order chi connectivity index (χ1) is 8.99. The highest BCUT2D eigenvalue weighted by Crippen LogP contribution is 2.25. The lowest BCUT2D eigenvalue weighted by Gasteiger charge is -2.20. The van der Waals surface area contributed by atoms with Crippen molar-refractivity contribution in [2.45, 2.75) is 37.0 Å². The van der Waals surface area contributed by atoms with Gasteiger partial charge in [-0.1, -0.05) is 30.9 Å². The molecule has 0 atom stereocenters. The molecule has 0 aliphatic heterocycles. The largest absolute Gasteiger partial charge is 0.298 e. The van der Waals surface area contributed by atoms with E-state index in [-0.39, 0.29) is 22.3 Å². The van der Waals surface area contributed by atoms with Crippen molar-refractivity contribution < 1.29 is 13.2 Å². The molecule has 1 fully saturated rings. The summed E-state index contributed by atoms with van der Waals surface area (Å²) in [5.74, 6) is -0.607. The molecule has 0 unspecified atom stereocenters. The maximum absolute atomic E-state index is 12.1. The fourth-order valence-corrected chi connectivity index (χ4v) is 3.91. The minimum absolute atomic E-state index is 0.0733. The van der Waals surface area contributed by atoms with E-state index in [1.54, 1.807) is 0 Å². The SMILES string of the molecule is O=C(CS(=O)(=O)c1ccc(Cl)cc1)C1CCCCC1. The minimum Gasteiger partial charge on any atom is -0.298 e. The normalized spacial score (nSPS) is 17.3. The van der Waals surface area contributed by atoms with Crippen LogP contribution in [0.1, 0.15) is 32.1 Å². The lowest BCUT2D eigenvalue weighted by atomic mass is 9.87. The van der Waals surface area contributed by atoms with Crippen molar-refractivity contribution >= 4 is 27.2 Å². The fourth-order valence-electron chi connectivity index (χ4n) is 2.45. The van der Waals surface area contributed by atoms with Crippen LogP contribution in [0.3, 0.4) is 0 Å². The highest BCUT2D eigenvalue weighted by molar-refractivity contribution is 7.92. The number of ketones is 1. The van der Waals surface area contributed by atoms with Crippen LogP contribution in [0, 0.1) is 5.92 Å². The molecule has 1 aromatic carbocycles. The van der Waals surface area contributed by atoms with Crippen LogP contribution in [0.25, 0.3) is 0 Å². The first-order valence-corrected chi connectivity index (χ1v) is 8.53. The van der Waals surface area contributed by atoms with Crippen molar-refractivity contribution in [3.63, 3.8) is 0 Å². The van der Waals surface area contributed by atoms with Crippen molar-refractivity contribution in [3.05, 3.63) is 29.3 Å². The quantitative estimate of drug-likeness (QED) is 0.857. The van der Waals surface area contributed by atoms with Gasteiger partial charge in [0.1, 0.15) is 5.75 Å². The van der Waals surface area contributed by atoms with Gasteiger partial charge in [-0.3, -0.25) is 4.79 Å². The Bertz CT molecular complexity index is 543. The lowest BCUT2D eigenvalue weighted by molar-refractivity contribution is -0.121. The van der Waals surface area contributed by atoms with Crippen LogP contribution >= 0.6 is 11.6 Å². The first kappa shape index (κ1) is 14.5. The molecule has 1 aromatic rings. The number of Topliss-reactive ketones (excluding diaryl/α,β-unsaturated/α-hetero) is 1. The van der Waals surface area contributed by atoms with E-state index in [9.17, 15) is 13.2 Å². The van der Waals surface area contributed by atoms with E-state index in [1.165, 1.54) is 24.3 Å². The molecular weight excluding hydrogens is 284 g/mol. The van der Waals surface area contributed by atoms with Gasteiger partial charge in [-0.05, 0) is 37.1 Å². The van der Waals surface area contributed by atoms with Gasteiger partial charge in [0.25, 0.3) is 0 Å². The number of benzene rings is 1. The van der Waals surface area contributed by atoms with Crippen molar-refractivity contribution in [1.82, 2.24) is 0 Å². The van der Waals surface area contributed by atoms with Crippen molar-refractivity contribution in [1.29, 1.82) is 0 Å². The molecule has 0 spiro atoms. The minimum atomic E-state index is -3.53. The molecule has 0 radical (unpaired) electrons. The number of carbonyl (C=O) groups excluding carboxylic acids is 1. The number of carbonyl (C=O) groups is 1. The van der Waals surface area contributed by atoms with E-state index in [4.69, 9.17) is 11.6 Å². The molecule has 0 heterocycles. The van der Waals surface area contributed by atoms with Crippen molar-refractivity contribution in [3.8, 4) is 0 Å². The summed E-state index contributed by atoms with van der Waals surface area (Å²) in [6.07, 6.45) is 4.85. The van der Waals surface area contributed by atoms with Gasteiger partial charge in [-0.15, -0.1) is 0 Å². The molecule has 5 heteroatoms. The van der Waals surface area contributed by atoms with Gasteiger partial charge in [0.05, 0.1) is 4.90 Å². The molecule has 3 nitrogen and oxygen atoms in total. The van der Waals surface area contributed by atoms with Gasteiger partial charge in [-0.2, -0.15) is 0 Å². The zero-order chi connectivity index (χ0) is 13.9. The summed E-state index contributed by atoms with van der Waals surface area (Å²) < 4.78 is 24.3. The number of hydrogen-bond donors (Lipinski definition) is 0. The monoisotopic (exact) mass is 300 g/mol.